The number of allylic oxidation sites excluding steroid dienone is 10. The van der Waals surface area contributed by atoms with Crippen molar-refractivity contribution in [3.05, 3.63) is 60.8 Å². The Bertz CT molecular complexity index is 1010. The molecule has 0 bridgehead atoms. The number of amides is 1. The molecule has 3 unspecified atom stereocenters. The zero-order chi connectivity index (χ0) is 41.0. The number of unbranched alkanes of at least 4 members (excludes halogenated alkanes) is 22. The number of ether oxygens (including phenoxy) is 1. The van der Waals surface area contributed by atoms with Crippen molar-refractivity contribution in [3.8, 4) is 0 Å². The Labute approximate surface area is 346 Å². The highest BCUT2D eigenvalue weighted by atomic mass is 16.5. The molecule has 0 radical (unpaired) electrons. The Morgan fingerprint density at radius 1 is 0.536 bits per heavy atom. The highest BCUT2D eigenvalue weighted by Crippen LogP contribution is 2.16. The molecular formula is C50H89NO5. The van der Waals surface area contributed by atoms with Gasteiger partial charge in [-0.3, -0.25) is 9.59 Å². The lowest BCUT2D eigenvalue weighted by molar-refractivity contribution is -0.151. The summed E-state index contributed by atoms with van der Waals surface area (Å²) in [6.07, 6.45) is 52.9. The summed E-state index contributed by atoms with van der Waals surface area (Å²) in [5.41, 5.74) is 0. The molecule has 0 saturated heterocycles. The number of aliphatic hydroxyl groups excluding tert-OH is 2. The molecule has 6 nitrogen and oxygen atoms in total. The van der Waals surface area contributed by atoms with Crippen LogP contribution in [0.1, 0.15) is 220 Å². The van der Waals surface area contributed by atoms with Crippen molar-refractivity contribution in [1.82, 2.24) is 5.32 Å². The first-order valence-electron chi connectivity index (χ1n) is 23.6. The molecule has 324 valence electrons. The molecular weight excluding hydrogens is 695 g/mol. The Balaban J connectivity index is 4.64. The lowest BCUT2D eigenvalue weighted by atomic mass is 10.0. The van der Waals surface area contributed by atoms with Gasteiger partial charge >= 0.3 is 5.97 Å². The highest BCUT2D eigenvalue weighted by molar-refractivity contribution is 5.77. The molecule has 0 spiro atoms. The second-order valence-corrected chi connectivity index (χ2v) is 15.9. The van der Waals surface area contributed by atoms with Gasteiger partial charge in [-0.2, -0.15) is 0 Å². The van der Waals surface area contributed by atoms with Gasteiger partial charge in [-0.1, -0.05) is 204 Å². The molecule has 0 heterocycles. The minimum Gasteiger partial charge on any atom is -0.462 e. The van der Waals surface area contributed by atoms with Crippen molar-refractivity contribution in [2.24, 2.45) is 0 Å². The number of nitrogens with one attached hydrogen (secondary N) is 1. The molecule has 3 N–H and O–H groups in total. The molecule has 3 atom stereocenters. The van der Waals surface area contributed by atoms with E-state index >= 15 is 0 Å². The predicted molar refractivity (Wildman–Crippen MR) is 241 cm³/mol. The summed E-state index contributed by atoms with van der Waals surface area (Å²) in [6.45, 7) is 6.29. The van der Waals surface area contributed by atoms with Crippen LogP contribution < -0.4 is 5.32 Å². The number of hydrogen-bond donors (Lipinski definition) is 3. The third kappa shape index (κ3) is 38.4. The van der Waals surface area contributed by atoms with E-state index in [0.717, 1.165) is 57.8 Å². The summed E-state index contributed by atoms with van der Waals surface area (Å²) in [6, 6.07) is -0.722. The summed E-state index contributed by atoms with van der Waals surface area (Å²) in [4.78, 5) is 26.0. The first-order valence-corrected chi connectivity index (χ1v) is 23.6. The summed E-state index contributed by atoms with van der Waals surface area (Å²) in [5, 5.41) is 23.6. The van der Waals surface area contributed by atoms with Gasteiger partial charge < -0.3 is 20.3 Å². The van der Waals surface area contributed by atoms with Gasteiger partial charge in [0.25, 0.3) is 0 Å². The number of esters is 1. The lowest BCUT2D eigenvalue weighted by Gasteiger charge is -2.24. The second-order valence-electron chi connectivity index (χ2n) is 15.9. The molecule has 0 aliphatic carbocycles. The second kappa shape index (κ2) is 43.7. The maximum absolute atomic E-state index is 13.1. The number of aliphatic hydroxyl groups is 2. The fraction of sp³-hybridized carbons (Fsp3) is 0.760. The maximum atomic E-state index is 13.1. The van der Waals surface area contributed by atoms with Crippen molar-refractivity contribution in [2.45, 2.75) is 238 Å². The van der Waals surface area contributed by atoms with Crippen molar-refractivity contribution >= 4 is 11.9 Å². The van der Waals surface area contributed by atoms with Gasteiger partial charge in [0.15, 0.2) is 0 Å². The van der Waals surface area contributed by atoms with Crippen LogP contribution >= 0.6 is 0 Å². The van der Waals surface area contributed by atoms with Crippen LogP contribution in [0.3, 0.4) is 0 Å². The molecule has 0 fully saturated rings. The normalized spacial score (nSPS) is 13.9. The van der Waals surface area contributed by atoms with Crippen LogP contribution in [0.25, 0.3) is 0 Å². The van der Waals surface area contributed by atoms with Gasteiger partial charge in [-0.05, 0) is 64.2 Å². The Kier molecular flexibility index (Phi) is 41.8. The van der Waals surface area contributed by atoms with Crippen LogP contribution in [0.15, 0.2) is 60.8 Å². The van der Waals surface area contributed by atoms with E-state index in [1.54, 1.807) is 0 Å². The van der Waals surface area contributed by atoms with Crippen molar-refractivity contribution in [1.29, 1.82) is 0 Å². The van der Waals surface area contributed by atoms with Crippen LogP contribution in [-0.4, -0.2) is 46.9 Å². The average molecular weight is 784 g/mol. The molecule has 0 rings (SSSR count). The fourth-order valence-electron chi connectivity index (χ4n) is 6.85. The third-order valence-corrected chi connectivity index (χ3v) is 10.4. The van der Waals surface area contributed by atoms with Gasteiger partial charge in [0.1, 0.15) is 6.10 Å². The number of carbonyl (C=O) groups excluding carboxylic acids is 2. The van der Waals surface area contributed by atoms with E-state index in [-0.39, 0.29) is 24.9 Å². The van der Waals surface area contributed by atoms with E-state index in [4.69, 9.17) is 4.74 Å². The van der Waals surface area contributed by atoms with E-state index in [1.807, 2.05) is 36.5 Å². The molecule has 1 amide bonds. The maximum Gasteiger partial charge on any atom is 0.306 e. The summed E-state index contributed by atoms with van der Waals surface area (Å²) in [7, 11) is 0. The van der Waals surface area contributed by atoms with E-state index in [1.165, 1.54) is 116 Å². The van der Waals surface area contributed by atoms with Crippen molar-refractivity contribution < 1.29 is 24.5 Å². The highest BCUT2D eigenvalue weighted by Gasteiger charge is 2.24. The van der Waals surface area contributed by atoms with Crippen LogP contribution in [0, 0.1) is 0 Å². The van der Waals surface area contributed by atoms with Gasteiger partial charge in [-0.25, -0.2) is 0 Å². The lowest BCUT2D eigenvalue weighted by Crippen LogP contribution is -2.46. The van der Waals surface area contributed by atoms with Crippen molar-refractivity contribution in [3.63, 3.8) is 0 Å². The minimum absolute atomic E-state index is 0.0289. The quantitative estimate of drug-likeness (QED) is 0.0248. The van der Waals surface area contributed by atoms with Crippen molar-refractivity contribution in [2.75, 3.05) is 6.61 Å². The van der Waals surface area contributed by atoms with Crippen LogP contribution in [0.4, 0.5) is 0 Å². The molecule has 0 aromatic carbocycles. The van der Waals surface area contributed by atoms with E-state index in [0.29, 0.717) is 19.3 Å². The summed E-state index contributed by atoms with van der Waals surface area (Å²) >= 11 is 0. The van der Waals surface area contributed by atoms with Gasteiger partial charge in [0.2, 0.25) is 5.91 Å². The zero-order valence-electron chi connectivity index (χ0n) is 36.8. The third-order valence-electron chi connectivity index (χ3n) is 10.4. The van der Waals surface area contributed by atoms with E-state index in [2.05, 4.69) is 50.4 Å². The zero-order valence-corrected chi connectivity index (χ0v) is 36.8. The Morgan fingerprint density at radius 2 is 1.00 bits per heavy atom. The fourth-order valence-corrected chi connectivity index (χ4v) is 6.85. The summed E-state index contributed by atoms with van der Waals surface area (Å²) < 4.78 is 5.87. The molecule has 6 heteroatoms. The van der Waals surface area contributed by atoms with Gasteiger partial charge in [0.05, 0.1) is 25.2 Å². The summed E-state index contributed by atoms with van der Waals surface area (Å²) in [5.74, 6) is -0.549. The predicted octanol–water partition coefficient (Wildman–Crippen LogP) is 13.7. The standard InChI is InChI=1S/C50H89NO5/c1-4-7-10-13-16-19-22-23-24-25-28-31-34-37-40-43-50(55)56-46(41-38-35-32-29-26-20-17-14-11-8-5-2)44-49(54)51-47(45-52)48(53)42-39-36-33-30-27-21-18-15-12-9-6-3/h8,11,14,17,19-20,22,26,29,32,46-48,52-53H,4-7,9-10,12-13,15-16,18,21,23-25,27-28,30-31,33-45H2,1-3H3,(H,51,54)/b11-8+,17-14+,22-19-,26-20-,32-29-. The molecule has 0 saturated carbocycles. The molecule has 56 heavy (non-hydrogen) atoms. The van der Waals surface area contributed by atoms with Crippen LogP contribution in [0.2, 0.25) is 0 Å². The molecule has 0 aromatic rings. The first kappa shape index (κ1) is 53.6. The smallest absolute Gasteiger partial charge is 0.306 e. The van der Waals surface area contributed by atoms with Crippen LogP contribution in [0.5, 0.6) is 0 Å². The molecule has 0 aliphatic rings. The molecule has 0 aromatic heterocycles. The minimum atomic E-state index is -0.804. The number of hydrogen-bond acceptors (Lipinski definition) is 5. The number of rotatable bonds is 41. The van der Waals surface area contributed by atoms with Crippen LogP contribution in [-0.2, 0) is 14.3 Å². The van der Waals surface area contributed by atoms with E-state index in [9.17, 15) is 19.8 Å². The Morgan fingerprint density at radius 3 is 1.55 bits per heavy atom. The van der Waals surface area contributed by atoms with Gasteiger partial charge in [0, 0.05) is 6.42 Å². The van der Waals surface area contributed by atoms with E-state index < -0.39 is 18.2 Å². The SMILES string of the molecule is CC/C=C/C=C/C=C\C=C/CCCC(CC(=O)NC(CO)C(O)CCCCCCCCCCCCC)OC(=O)CCCCCCCCC/C=C\CCCCCC. The first-order chi connectivity index (χ1) is 27.5. The Hall–Kier alpha value is -2.44. The number of carbonyl (C=O) groups is 2. The van der Waals surface area contributed by atoms with Gasteiger partial charge in [-0.15, -0.1) is 0 Å². The average Bonchev–Trinajstić information content (AvgIpc) is 3.19. The monoisotopic (exact) mass is 784 g/mol. The molecule has 0 aliphatic heterocycles. The topological polar surface area (TPSA) is 95.9 Å². The largest absolute Gasteiger partial charge is 0.462 e.